The predicted molar refractivity (Wildman–Crippen MR) is 62.2 cm³/mol. The molecular formula is C9H15AcN4O7-. The van der Waals surface area contributed by atoms with Gasteiger partial charge in [0.25, 0.3) is 5.79 Å². The summed E-state index contributed by atoms with van der Waals surface area (Å²) < 4.78 is 4.74. The van der Waals surface area contributed by atoms with Crippen LogP contribution in [0.15, 0.2) is 5.11 Å². The summed E-state index contributed by atoms with van der Waals surface area (Å²) in [6, 6.07) is -1.48. The van der Waals surface area contributed by atoms with Gasteiger partial charge in [-0.2, -0.15) is 0 Å². The van der Waals surface area contributed by atoms with Crippen molar-refractivity contribution in [2.24, 2.45) is 5.11 Å². The Kier molecular flexibility index (Phi) is 8.56. The first-order valence-corrected chi connectivity index (χ1v) is 5.62. The number of aliphatic hydroxyl groups is 4. The third-order valence-electron chi connectivity index (χ3n) is 2.98. The van der Waals surface area contributed by atoms with E-state index in [0.717, 1.165) is 0 Å². The third kappa shape index (κ3) is 4.99. The van der Waals surface area contributed by atoms with Crippen LogP contribution in [0.3, 0.4) is 0 Å². The van der Waals surface area contributed by atoms with Gasteiger partial charge in [0.1, 0.15) is 6.10 Å². The smallest absolute Gasteiger partial charge is 0.364 e. The molecule has 1 aliphatic heterocycles. The maximum absolute atomic E-state index is 10.9. The second-order valence-electron chi connectivity index (χ2n) is 4.44. The molecule has 0 aliphatic carbocycles. The Bertz CT molecular complexity index is 421. The number of nitrogens with one attached hydrogen (secondary N) is 1. The molecule has 0 amide bonds. The van der Waals surface area contributed by atoms with Crippen molar-refractivity contribution in [1.82, 2.24) is 0 Å². The summed E-state index contributed by atoms with van der Waals surface area (Å²) in [5.74, 6) is -4.55. The Hall–Kier alpha value is -0.0184. The average molecular weight is 518 g/mol. The number of carboxylic acids is 1. The van der Waals surface area contributed by atoms with E-state index in [9.17, 15) is 25.2 Å². The van der Waals surface area contributed by atoms with E-state index in [0.29, 0.717) is 0 Å². The van der Waals surface area contributed by atoms with Gasteiger partial charge in [-0.15, -0.1) is 0 Å². The van der Waals surface area contributed by atoms with Gasteiger partial charge in [-0.25, -0.2) is 4.79 Å². The second-order valence-corrected chi connectivity index (χ2v) is 4.44. The van der Waals surface area contributed by atoms with Crippen molar-refractivity contribution in [3.05, 3.63) is 16.2 Å². The quantitative estimate of drug-likeness (QED) is 0.163. The number of carboxylic acid groups (broad SMARTS) is 1. The van der Waals surface area contributed by atoms with Gasteiger partial charge in [-0.05, 0) is 5.53 Å². The Morgan fingerprint density at radius 2 is 2.14 bits per heavy atom. The number of aliphatic hydroxyl groups excluding tert-OH is 3. The maximum atomic E-state index is 10.9. The van der Waals surface area contributed by atoms with Crippen molar-refractivity contribution in [3.63, 3.8) is 0 Å². The molecule has 1 rings (SSSR count). The first-order valence-electron chi connectivity index (χ1n) is 5.62. The van der Waals surface area contributed by atoms with Crippen LogP contribution in [-0.4, -0.2) is 74.3 Å². The zero-order chi connectivity index (χ0) is 15.5. The van der Waals surface area contributed by atoms with Crippen LogP contribution in [0.5, 0.6) is 0 Å². The number of carbonyl (C=O) groups is 1. The fourth-order valence-corrected chi connectivity index (χ4v) is 1.84. The summed E-state index contributed by atoms with van der Waals surface area (Å²) in [4.78, 5) is 13.2. The van der Waals surface area contributed by atoms with Gasteiger partial charge in [-0.3, -0.25) is 0 Å². The van der Waals surface area contributed by atoms with Crippen molar-refractivity contribution in [3.8, 4) is 0 Å². The molecule has 117 valence electrons. The summed E-state index contributed by atoms with van der Waals surface area (Å²) >= 11 is 0. The molecule has 0 aromatic carbocycles. The second kappa shape index (κ2) is 8.57. The van der Waals surface area contributed by atoms with Crippen LogP contribution in [0.1, 0.15) is 6.42 Å². The SMILES string of the molecule is [Ac].[N-]=[N+]=NCC(O)C(O)C1OC(O)(C(=O)O)CC(O)C1[NH-]. The fraction of sp³-hybridized carbons (Fsp3) is 0.889. The van der Waals surface area contributed by atoms with Gasteiger partial charge in [0.2, 0.25) is 0 Å². The number of hydrogen-bond acceptors (Lipinski definition) is 7. The van der Waals surface area contributed by atoms with E-state index in [1.165, 1.54) is 0 Å². The molecule has 1 fully saturated rings. The minimum absolute atomic E-state index is 0. The molecule has 6 unspecified atom stereocenters. The molecule has 0 aromatic rings. The Morgan fingerprint density at radius 1 is 1.57 bits per heavy atom. The molecule has 21 heavy (non-hydrogen) atoms. The van der Waals surface area contributed by atoms with Crippen LogP contribution in [0.2, 0.25) is 0 Å². The number of ether oxygens (including phenoxy) is 1. The summed E-state index contributed by atoms with van der Waals surface area (Å²) in [5, 5.41) is 50.4. The summed E-state index contributed by atoms with van der Waals surface area (Å²) in [7, 11) is 0. The van der Waals surface area contributed by atoms with E-state index in [2.05, 4.69) is 10.0 Å². The molecule has 1 heterocycles. The number of hydrogen-bond donors (Lipinski definition) is 5. The molecule has 6 atom stereocenters. The van der Waals surface area contributed by atoms with Gasteiger partial charge in [0.15, 0.2) is 0 Å². The zero-order valence-electron chi connectivity index (χ0n) is 10.8. The van der Waals surface area contributed by atoms with Crippen molar-refractivity contribution >= 4 is 5.97 Å². The van der Waals surface area contributed by atoms with E-state index in [1.807, 2.05) is 0 Å². The van der Waals surface area contributed by atoms with Gasteiger partial charge in [-0.1, -0.05) is 11.2 Å². The number of aliphatic carboxylic acids is 1. The van der Waals surface area contributed by atoms with Crippen LogP contribution in [0, 0.1) is 44.1 Å². The van der Waals surface area contributed by atoms with Crippen LogP contribution < -0.4 is 0 Å². The number of azide groups is 1. The molecular weight excluding hydrogens is 503 g/mol. The Balaban J connectivity index is 0.00000400. The molecule has 6 N–H and O–H groups in total. The van der Waals surface area contributed by atoms with Gasteiger partial charge in [0.05, 0.1) is 18.8 Å². The first kappa shape index (κ1) is 21.0. The van der Waals surface area contributed by atoms with Gasteiger partial charge >= 0.3 is 5.97 Å². The zero-order valence-corrected chi connectivity index (χ0v) is 15.5. The standard InChI is InChI=1S/C9H15N4O7.Ac/c10-5-3(14)1-9(19,8(17)18)20-7(5)6(16)4(15)2-12-13-11;/h3-7,10,14-16,19H,1-2H2,(H,17,18);/q-1;. The van der Waals surface area contributed by atoms with E-state index in [4.69, 9.17) is 21.1 Å². The molecule has 0 saturated carbocycles. The average Bonchev–Trinajstić information content (AvgIpc) is 2.39. The van der Waals surface area contributed by atoms with Crippen LogP contribution in [-0.2, 0) is 9.53 Å². The van der Waals surface area contributed by atoms with Gasteiger partial charge < -0.3 is 36.0 Å². The molecule has 1 aliphatic rings. The third-order valence-corrected chi connectivity index (χ3v) is 2.98. The first-order chi connectivity index (χ1) is 9.23. The summed E-state index contributed by atoms with van der Waals surface area (Å²) in [6.45, 7) is -0.536. The molecule has 1 radical (unpaired) electrons. The monoisotopic (exact) mass is 518 g/mol. The molecule has 0 bridgehead atoms. The maximum Gasteiger partial charge on any atom is 0.364 e. The van der Waals surface area contributed by atoms with Crippen molar-refractivity contribution in [1.29, 1.82) is 0 Å². The topological polar surface area (TPSA) is 200 Å². The van der Waals surface area contributed by atoms with Crippen molar-refractivity contribution in [2.75, 3.05) is 6.54 Å². The van der Waals surface area contributed by atoms with Gasteiger partial charge in [0, 0.05) is 61.5 Å². The van der Waals surface area contributed by atoms with Crippen LogP contribution >= 0.6 is 0 Å². The molecule has 11 nitrogen and oxygen atoms in total. The van der Waals surface area contributed by atoms with E-state index in [1.54, 1.807) is 0 Å². The largest absolute Gasteiger partial charge is 0.670 e. The Labute approximate surface area is 154 Å². The minimum Gasteiger partial charge on any atom is -0.670 e. The van der Waals surface area contributed by atoms with Crippen LogP contribution in [0.4, 0.5) is 0 Å². The summed E-state index contributed by atoms with van der Waals surface area (Å²) in [5.41, 5.74) is 15.7. The van der Waals surface area contributed by atoms with E-state index in [-0.39, 0.29) is 44.1 Å². The predicted octanol–water partition coefficient (Wildman–Crippen LogP) is -1.64. The molecule has 12 heteroatoms. The van der Waals surface area contributed by atoms with E-state index < -0.39 is 55.2 Å². The normalized spacial score (nSPS) is 35.0. The molecule has 1 saturated heterocycles. The van der Waals surface area contributed by atoms with E-state index >= 15 is 0 Å². The Morgan fingerprint density at radius 3 is 2.62 bits per heavy atom. The number of rotatable bonds is 5. The van der Waals surface area contributed by atoms with Crippen molar-refractivity contribution in [2.45, 2.75) is 42.7 Å². The molecule has 0 aromatic heterocycles. The van der Waals surface area contributed by atoms with Crippen molar-refractivity contribution < 1.29 is 79.1 Å². The molecule has 0 spiro atoms. The van der Waals surface area contributed by atoms with Crippen LogP contribution in [0.25, 0.3) is 16.2 Å². The number of nitrogens with zero attached hydrogens (tertiary/aromatic N) is 3. The fourth-order valence-electron chi connectivity index (χ4n) is 1.84. The minimum atomic E-state index is -2.76. The summed E-state index contributed by atoms with van der Waals surface area (Å²) in [6.07, 6.45) is -7.43.